The number of aromatic nitrogens is 2. The Labute approximate surface area is 128 Å². The van der Waals surface area contributed by atoms with Crippen LogP contribution in [0.3, 0.4) is 0 Å². The molecule has 1 aliphatic heterocycles. The molecule has 0 bridgehead atoms. The van der Waals surface area contributed by atoms with Crippen LogP contribution in [0.25, 0.3) is 0 Å². The fraction of sp³-hybridized carbons (Fsp3) is 0.333. The third-order valence-corrected chi connectivity index (χ3v) is 3.78. The molecule has 1 aromatic heterocycles. The Morgan fingerprint density at radius 2 is 1.71 bits per heavy atom. The average Bonchev–Trinajstić information content (AvgIpc) is 2.47. The highest BCUT2D eigenvalue weighted by Crippen LogP contribution is 2.22. The van der Waals surface area contributed by atoms with Gasteiger partial charge in [0.2, 0.25) is 0 Å². The van der Waals surface area contributed by atoms with Crippen molar-refractivity contribution in [1.82, 2.24) is 9.97 Å². The second kappa shape index (κ2) is 5.85. The van der Waals surface area contributed by atoms with Gasteiger partial charge < -0.3 is 9.80 Å². The van der Waals surface area contributed by atoms with Crippen LogP contribution < -0.4 is 9.80 Å². The lowest BCUT2D eigenvalue weighted by molar-refractivity contribution is 0.596. The van der Waals surface area contributed by atoms with Crippen LogP contribution in [-0.4, -0.2) is 36.1 Å². The molecule has 2 heterocycles. The number of benzene rings is 1. The molecule has 110 valence electrons. The van der Waals surface area contributed by atoms with Gasteiger partial charge in [0, 0.05) is 32.2 Å². The van der Waals surface area contributed by atoms with Gasteiger partial charge in [-0.1, -0.05) is 23.7 Å². The molecule has 0 atom stereocenters. The van der Waals surface area contributed by atoms with E-state index in [-0.39, 0.29) is 5.82 Å². The fourth-order valence-corrected chi connectivity index (χ4v) is 2.78. The maximum atomic E-state index is 13.8. The number of anilines is 2. The van der Waals surface area contributed by atoms with Crippen LogP contribution in [0.4, 0.5) is 15.9 Å². The maximum Gasteiger partial charge on any atom is 0.146 e. The van der Waals surface area contributed by atoms with Crippen molar-refractivity contribution in [2.24, 2.45) is 0 Å². The summed E-state index contributed by atoms with van der Waals surface area (Å²) in [6.07, 6.45) is 0. The molecule has 0 saturated carbocycles. The largest absolute Gasteiger partial charge is 0.366 e. The van der Waals surface area contributed by atoms with E-state index in [4.69, 9.17) is 11.6 Å². The van der Waals surface area contributed by atoms with Crippen LogP contribution in [0.15, 0.2) is 30.3 Å². The lowest BCUT2D eigenvalue weighted by atomic mass is 10.2. The highest BCUT2D eigenvalue weighted by Gasteiger charge is 2.20. The fourth-order valence-electron chi connectivity index (χ4n) is 2.56. The van der Waals surface area contributed by atoms with Crippen LogP contribution in [0.2, 0.25) is 5.15 Å². The monoisotopic (exact) mass is 306 g/mol. The van der Waals surface area contributed by atoms with Gasteiger partial charge in [0.25, 0.3) is 0 Å². The van der Waals surface area contributed by atoms with E-state index in [2.05, 4.69) is 19.8 Å². The molecule has 0 spiro atoms. The van der Waals surface area contributed by atoms with E-state index >= 15 is 0 Å². The second-order valence-corrected chi connectivity index (χ2v) is 5.41. The number of halogens is 2. The Balaban J connectivity index is 1.72. The molecule has 4 nitrogen and oxygen atoms in total. The molecule has 0 unspecified atom stereocenters. The molecule has 1 aliphatic rings. The zero-order valence-corrected chi connectivity index (χ0v) is 12.5. The Morgan fingerprint density at radius 1 is 1.05 bits per heavy atom. The van der Waals surface area contributed by atoms with E-state index < -0.39 is 0 Å². The molecule has 2 aromatic rings. The van der Waals surface area contributed by atoms with Gasteiger partial charge in [-0.3, -0.25) is 0 Å². The minimum absolute atomic E-state index is 0.174. The molecule has 1 fully saturated rings. The number of hydrogen-bond donors (Lipinski definition) is 0. The number of para-hydroxylation sites is 1. The van der Waals surface area contributed by atoms with Crippen LogP contribution in [-0.2, 0) is 0 Å². The third-order valence-electron chi connectivity index (χ3n) is 3.59. The molecule has 3 rings (SSSR count). The number of nitrogens with zero attached hydrogens (tertiary/aromatic N) is 4. The predicted molar refractivity (Wildman–Crippen MR) is 82.6 cm³/mol. The molecule has 0 N–H and O–H groups in total. The topological polar surface area (TPSA) is 32.3 Å². The Morgan fingerprint density at radius 3 is 2.38 bits per heavy atom. The molecule has 1 aromatic carbocycles. The Kier molecular flexibility index (Phi) is 3.92. The van der Waals surface area contributed by atoms with Crippen LogP contribution in [0, 0.1) is 12.7 Å². The first kappa shape index (κ1) is 14.1. The minimum atomic E-state index is -0.174. The van der Waals surface area contributed by atoms with Gasteiger partial charge in [-0.25, -0.2) is 14.4 Å². The van der Waals surface area contributed by atoms with E-state index in [0.29, 0.717) is 16.7 Å². The van der Waals surface area contributed by atoms with E-state index in [1.807, 2.05) is 19.1 Å². The zero-order chi connectivity index (χ0) is 14.8. The van der Waals surface area contributed by atoms with Gasteiger partial charge in [-0.15, -0.1) is 0 Å². The van der Waals surface area contributed by atoms with Gasteiger partial charge in [0.05, 0.1) is 5.69 Å². The quantitative estimate of drug-likeness (QED) is 0.799. The summed E-state index contributed by atoms with van der Waals surface area (Å²) in [5.41, 5.74) is 0.661. The molecular formula is C15H16ClFN4. The van der Waals surface area contributed by atoms with Crippen molar-refractivity contribution in [1.29, 1.82) is 0 Å². The van der Waals surface area contributed by atoms with Crippen molar-refractivity contribution >= 4 is 23.1 Å². The molecule has 6 heteroatoms. The summed E-state index contributed by atoms with van der Waals surface area (Å²) in [5, 5.41) is 0.453. The SMILES string of the molecule is Cc1nc(Cl)cc(N2CCN(c3ccccc3F)CC2)n1. The number of hydrogen-bond acceptors (Lipinski definition) is 4. The summed E-state index contributed by atoms with van der Waals surface area (Å²) < 4.78 is 13.8. The lowest BCUT2D eigenvalue weighted by Crippen LogP contribution is -2.47. The van der Waals surface area contributed by atoms with Crippen LogP contribution in [0.5, 0.6) is 0 Å². The standard InChI is InChI=1S/C15H16ClFN4/c1-11-18-14(16)10-15(19-11)21-8-6-20(7-9-21)13-5-3-2-4-12(13)17/h2-5,10H,6-9H2,1H3. The number of piperazine rings is 1. The van der Waals surface area contributed by atoms with Gasteiger partial charge in [-0.05, 0) is 19.1 Å². The summed E-state index contributed by atoms with van der Waals surface area (Å²) in [6.45, 7) is 4.89. The van der Waals surface area contributed by atoms with E-state index in [1.165, 1.54) is 6.07 Å². The lowest BCUT2D eigenvalue weighted by Gasteiger charge is -2.36. The summed E-state index contributed by atoms with van der Waals surface area (Å²) in [7, 11) is 0. The third kappa shape index (κ3) is 3.08. The van der Waals surface area contributed by atoms with Crippen molar-refractivity contribution in [3.63, 3.8) is 0 Å². The highest BCUT2D eigenvalue weighted by atomic mass is 35.5. The molecule has 0 radical (unpaired) electrons. The van der Waals surface area contributed by atoms with E-state index in [9.17, 15) is 4.39 Å². The molecule has 0 amide bonds. The zero-order valence-electron chi connectivity index (χ0n) is 11.8. The Bertz CT molecular complexity index is 621. The summed E-state index contributed by atoms with van der Waals surface area (Å²) >= 11 is 5.98. The smallest absolute Gasteiger partial charge is 0.146 e. The van der Waals surface area contributed by atoms with Crippen LogP contribution >= 0.6 is 11.6 Å². The molecular weight excluding hydrogens is 291 g/mol. The maximum absolute atomic E-state index is 13.8. The van der Waals surface area contributed by atoms with Crippen molar-refractivity contribution < 1.29 is 4.39 Å². The summed E-state index contributed by atoms with van der Waals surface area (Å²) in [6, 6.07) is 8.65. The second-order valence-electron chi connectivity index (χ2n) is 5.02. The summed E-state index contributed by atoms with van der Waals surface area (Å²) in [5.74, 6) is 1.32. The predicted octanol–water partition coefficient (Wildman–Crippen LogP) is 2.90. The van der Waals surface area contributed by atoms with Gasteiger partial charge >= 0.3 is 0 Å². The van der Waals surface area contributed by atoms with Crippen molar-refractivity contribution in [2.75, 3.05) is 36.0 Å². The van der Waals surface area contributed by atoms with Crippen LogP contribution in [0.1, 0.15) is 5.82 Å². The van der Waals surface area contributed by atoms with E-state index in [1.54, 1.807) is 12.1 Å². The first-order valence-electron chi connectivity index (χ1n) is 6.89. The highest BCUT2D eigenvalue weighted by molar-refractivity contribution is 6.29. The first-order chi connectivity index (χ1) is 10.1. The van der Waals surface area contributed by atoms with Crippen molar-refractivity contribution in [3.8, 4) is 0 Å². The van der Waals surface area contributed by atoms with Gasteiger partial charge in [0.15, 0.2) is 0 Å². The van der Waals surface area contributed by atoms with E-state index in [0.717, 1.165) is 32.0 Å². The normalized spacial score (nSPS) is 15.4. The Hall–Kier alpha value is -1.88. The summed E-state index contributed by atoms with van der Waals surface area (Å²) in [4.78, 5) is 12.7. The minimum Gasteiger partial charge on any atom is -0.366 e. The van der Waals surface area contributed by atoms with Crippen molar-refractivity contribution in [3.05, 3.63) is 47.1 Å². The molecule has 0 aliphatic carbocycles. The molecule has 21 heavy (non-hydrogen) atoms. The van der Waals surface area contributed by atoms with Gasteiger partial charge in [0.1, 0.15) is 22.6 Å². The average molecular weight is 307 g/mol. The van der Waals surface area contributed by atoms with Crippen molar-refractivity contribution in [2.45, 2.75) is 6.92 Å². The first-order valence-corrected chi connectivity index (χ1v) is 7.27. The van der Waals surface area contributed by atoms with Gasteiger partial charge in [-0.2, -0.15) is 0 Å². The number of aryl methyl sites for hydroxylation is 1. The number of rotatable bonds is 2. The molecule has 1 saturated heterocycles.